The number of aromatic nitrogens is 1. The number of fused-ring (bicyclic) bond motifs is 1. The van der Waals surface area contributed by atoms with Crippen LogP contribution in [0.3, 0.4) is 0 Å². The van der Waals surface area contributed by atoms with E-state index in [9.17, 15) is 9.90 Å². The number of hydrogen-bond acceptors (Lipinski definition) is 8. The van der Waals surface area contributed by atoms with E-state index in [1.807, 2.05) is 12.1 Å². The van der Waals surface area contributed by atoms with E-state index in [0.717, 1.165) is 10.1 Å². The largest absolute Gasteiger partial charge is 0.495 e. The number of carbonyl (C=O) groups is 1. The molecule has 186 valence electrons. The summed E-state index contributed by atoms with van der Waals surface area (Å²) in [6.45, 7) is 4.52. The van der Waals surface area contributed by atoms with Crippen LogP contribution in [0.15, 0.2) is 37.1 Å². The number of pyridine rings is 1. The van der Waals surface area contributed by atoms with Gasteiger partial charge in [0, 0.05) is 39.4 Å². The number of aliphatic hydroxyl groups excluding tert-OH is 1. The van der Waals surface area contributed by atoms with Crippen molar-refractivity contribution in [2.24, 2.45) is 0 Å². The van der Waals surface area contributed by atoms with Crippen LogP contribution < -0.4 is 20.1 Å². The van der Waals surface area contributed by atoms with Gasteiger partial charge in [0.15, 0.2) is 0 Å². The fourth-order valence-corrected chi connectivity index (χ4v) is 5.72. The molecule has 1 fully saturated rings. The van der Waals surface area contributed by atoms with E-state index in [1.165, 1.54) is 31.6 Å². The summed E-state index contributed by atoms with van der Waals surface area (Å²) in [6.07, 6.45) is 2.56. The molecular weight excluding hydrogens is 513 g/mol. The summed E-state index contributed by atoms with van der Waals surface area (Å²) < 4.78 is 17.1. The third-order valence-electron chi connectivity index (χ3n) is 5.77. The van der Waals surface area contributed by atoms with Crippen molar-refractivity contribution >= 4 is 56.3 Å². The fourth-order valence-electron chi connectivity index (χ4n) is 3.94. The predicted octanol–water partition coefficient (Wildman–Crippen LogP) is 4.57. The molecule has 2 aromatic heterocycles. The molecule has 8 nitrogen and oxygen atoms in total. The molecule has 3 aromatic rings. The lowest BCUT2D eigenvalue weighted by atomic mass is 10.0. The number of nitrogens with one attached hydrogen (secondary N) is 2. The second kappa shape index (κ2) is 11.0. The predicted molar refractivity (Wildman–Crippen MR) is 138 cm³/mol. The number of ether oxygens (including phenoxy) is 3. The molecule has 3 N–H and O–H groups in total. The van der Waals surface area contributed by atoms with Crippen molar-refractivity contribution in [2.75, 3.05) is 32.8 Å². The van der Waals surface area contributed by atoms with Crippen molar-refractivity contribution in [2.45, 2.75) is 24.6 Å². The average molecular weight is 538 g/mol. The number of amides is 1. The van der Waals surface area contributed by atoms with Crippen LogP contribution >= 0.6 is 34.5 Å². The number of benzene rings is 1. The van der Waals surface area contributed by atoms with Gasteiger partial charge in [0.1, 0.15) is 23.4 Å². The van der Waals surface area contributed by atoms with E-state index >= 15 is 0 Å². The molecule has 3 unspecified atom stereocenters. The third-order valence-corrected chi connectivity index (χ3v) is 7.70. The van der Waals surface area contributed by atoms with Crippen molar-refractivity contribution in [1.29, 1.82) is 0 Å². The highest BCUT2D eigenvalue weighted by molar-refractivity contribution is 7.19. The summed E-state index contributed by atoms with van der Waals surface area (Å²) in [7, 11) is 2.96. The smallest absolute Gasteiger partial charge is 0.243 e. The van der Waals surface area contributed by atoms with E-state index in [2.05, 4.69) is 22.2 Å². The number of nitrogens with zero attached hydrogens (tertiary/aromatic N) is 1. The monoisotopic (exact) mass is 537 g/mol. The summed E-state index contributed by atoms with van der Waals surface area (Å²) in [4.78, 5) is 16.9. The van der Waals surface area contributed by atoms with Gasteiger partial charge in [-0.05, 0) is 24.6 Å². The lowest BCUT2D eigenvalue weighted by Crippen LogP contribution is -2.52. The first-order chi connectivity index (χ1) is 16.9. The molecule has 1 aromatic carbocycles. The number of thiophene rings is 1. The average Bonchev–Trinajstić information content (AvgIpc) is 3.29. The highest BCUT2D eigenvalue weighted by Crippen LogP contribution is 2.46. The molecule has 3 heterocycles. The SMILES string of the molecule is C=CC(=O)NC1CCOCC1Nc1cc2sc(C(O)c3c(Cl)c(OC)cc(OC)c3Cl)cc2cn1. The van der Waals surface area contributed by atoms with Gasteiger partial charge in [-0.1, -0.05) is 29.8 Å². The summed E-state index contributed by atoms with van der Waals surface area (Å²) in [5.74, 6) is 1.11. The van der Waals surface area contributed by atoms with E-state index in [4.69, 9.17) is 37.4 Å². The van der Waals surface area contributed by atoms with Gasteiger partial charge in [-0.25, -0.2) is 4.98 Å². The van der Waals surface area contributed by atoms with Crippen molar-refractivity contribution in [3.63, 3.8) is 0 Å². The van der Waals surface area contributed by atoms with Crippen LogP contribution in [0.5, 0.6) is 11.5 Å². The summed E-state index contributed by atoms with van der Waals surface area (Å²) >= 11 is 14.4. The Bertz CT molecular complexity index is 1220. The zero-order chi connectivity index (χ0) is 25.1. The number of hydrogen-bond donors (Lipinski definition) is 3. The lowest BCUT2D eigenvalue weighted by molar-refractivity contribution is -0.117. The molecule has 0 radical (unpaired) electrons. The standard InChI is InChI=1S/C24H25Cl2N3O5S/c1-4-20(30)29-13-5-6-34-11-14(13)28-19-9-17-12(10-27-19)7-18(35-17)24(31)21-22(25)15(32-2)8-16(33-3)23(21)26/h4,7-10,13-14,24,31H,1,5-6,11H2,2-3H3,(H,27,28)(H,29,30). The number of rotatable bonds is 8. The number of anilines is 1. The zero-order valence-corrected chi connectivity index (χ0v) is 21.5. The van der Waals surface area contributed by atoms with Gasteiger partial charge in [0.05, 0.1) is 43.0 Å². The Kier molecular flexibility index (Phi) is 8.03. The van der Waals surface area contributed by atoms with Crippen LogP contribution in [0.1, 0.15) is 23.0 Å². The van der Waals surface area contributed by atoms with Gasteiger partial charge >= 0.3 is 0 Å². The second-order valence-electron chi connectivity index (χ2n) is 7.92. The summed E-state index contributed by atoms with van der Waals surface area (Å²) in [5, 5.41) is 18.8. The van der Waals surface area contributed by atoms with Crippen LogP contribution in [0.25, 0.3) is 10.1 Å². The maximum Gasteiger partial charge on any atom is 0.243 e. The second-order valence-corrected chi connectivity index (χ2v) is 9.79. The van der Waals surface area contributed by atoms with E-state index in [-0.39, 0.29) is 28.0 Å². The first kappa shape index (κ1) is 25.5. The molecule has 0 aliphatic carbocycles. The Morgan fingerprint density at radius 1 is 1.26 bits per heavy atom. The van der Waals surface area contributed by atoms with E-state index in [0.29, 0.717) is 47.4 Å². The first-order valence-electron chi connectivity index (χ1n) is 10.8. The Labute approximate surface area is 216 Å². The van der Waals surface area contributed by atoms with Gasteiger partial charge in [-0.2, -0.15) is 0 Å². The highest BCUT2D eigenvalue weighted by Gasteiger charge is 2.28. The quantitative estimate of drug-likeness (QED) is 0.361. The van der Waals surface area contributed by atoms with Crippen LogP contribution in [-0.2, 0) is 9.53 Å². The molecule has 4 rings (SSSR count). The topological polar surface area (TPSA) is 102 Å². The molecule has 1 aliphatic rings. The molecule has 35 heavy (non-hydrogen) atoms. The fraction of sp³-hybridized carbons (Fsp3) is 0.333. The molecule has 3 atom stereocenters. The number of methoxy groups -OCH3 is 2. The third kappa shape index (κ3) is 5.34. The zero-order valence-electron chi connectivity index (χ0n) is 19.1. The van der Waals surface area contributed by atoms with Crippen LogP contribution in [0.2, 0.25) is 10.0 Å². The summed E-state index contributed by atoms with van der Waals surface area (Å²) in [5.41, 5.74) is 0.308. The Hall–Kier alpha value is -2.56. The molecule has 1 amide bonds. The maximum absolute atomic E-state index is 11.8. The first-order valence-corrected chi connectivity index (χ1v) is 12.4. The van der Waals surface area contributed by atoms with Crippen molar-refractivity contribution in [3.8, 4) is 11.5 Å². The van der Waals surface area contributed by atoms with Crippen LogP contribution in [0, 0.1) is 0 Å². The molecule has 0 spiro atoms. The molecule has 1 saturated heterocycles. The Morgan fingerprint density at radius 2 is 1.97 bits per heavy atom. The van der Waals surface area contributed by atoms with E-state index in [1.54, 1.807) is 12.3 Å². The van der Waals surface area contributed by atoms with Gasteiger partial charge in [-0.15, -0.1) is 11.3 Å². The van der Waals surface area contributed by atoms with Crippen LogP contribution in [-0.4, -0.2) is 55.5 Å². The Morgan fingerprint density at radius 3 is 2.63 bits per heavy atom. The number of aliphatic hydroxyl groups is 1. The minimum Gasteiger partial charge on any atom is -0.495 e. The molecular formula is C24H25Cl2N3O5S. The van der Waals surface area contributed by atoms with Gasteiger partial charge in [-0.3, -0.25) is 4.79 Å². The van der Waals surface area contributed by atoms with Crippen molar-refractivity contribution in [3.05, 3.63) is 57.5 Å². The van der Waals surface area contributed by atoms with E-state index < -0.39 is 6.10 Å². The molecule has 0 bridgehead atoms. The van der Waals surface area contributed by atoms with Gasteiger partial charge < -0.3 is 30.0 Å². The number of carbonyl (C=O) groups excluding carboxylic acids is 1. The van der Waals surface area contributed by atoms with Crippen LogP contribution in [0.4, 0.5) is 5.82 Å². The summed E-state index contributed by atoms with van der Waals surface area (Å²) in [6, 6.07) is 5.06. The highest BCUT2D eigenvalue weighted by atomic mass is 35.5. The van der Waals surface area contributed by atoms with Crippen molar-refractivity contribution in [1.82, 2.24) is 10.3 Å². The minimum absolute atomic E-state index is 0.111. The minimum atomic E-state index is -1.10. The molecule has 0 saturated carbocycles. The Balaban J connectivity index is 1.61. The normalized spacial score (nSPS) is 18.7. The molecule has 11 heteroatoms. The van der Waals surface area contributed by atoms with Crippen molar-refractivity contribution < 1.29 is 24.1 Å². The number of halogens is 2. The van der Waals surface area contributed by atoms with Gasteiger partial charge in [0.25, 0.3) is 0 Å². The maximum atomic E-state index is 11.8. The van der Waals surface area contributed by atoms with Gasteiger partial charge in [0.2, 0.25) is 5.91 Å². The molecule has 1 aliphatic heterocycles. The lowest BCUT2D eigenvalue weighted by Gasteiger charge is -2.32.